The highest BCUT2D eigenvalue weighted by Gasteiger charge is 2.37. The van der Waals surface area contributed by atoms with Gasteiger partial charge >= 0.3 is 0 Å². The van der Waals surface area contributed by atoms with E-state index >= 15 is 0 Å². The summed E-state index contributed by atoms with van der Waals surface area (Å²) in [5.41, 5.74) is 9.46. The summed E-state index contributed by atoms with van der Waals surface area (Å²) < 4.78 is 0. The third kappa shape index (κ3) is 4.65. The molecule has 9 nitrogen and oxygen atoms in total. The molecule has 2 aromatic heterocycles. The minimum atomic E-state index is -0.601. The molecule has 1 atom stereocenters. The normalized spacial score (nSPS) is 16.8. The fourth-order valence-corrected chi connectivity index (χ4v) is 4.78. The number of nitrogens with one attached hydrogen (secondary N) is 1. The number of aromatic amines is 1. The number of fused-ring (bicyclic) bond motifs is 2. The Bertz CT molecular complexity index is 1430. The van der Waals surface area contributed by atoms with Gasteiger partial charge in [0.15, 0.2) is 0 Å². The number of piperazine rings is 1. The monoisotopic (exact) mass is 491 g/mol. The number of rotatable bonds is 5. The minimum absolute atomic E-state index is 0.0992. The van der Waals surface area contributed by atoms with E-state index in [0.717, 1.165) is 27.5 Å². The Morgan fingerprint density at radius 2 is 2.00 bits per heavy atom. The molecule has 1 aliphatic rings. The second-order valence-corrected chi connectivity index (χ2v) is 9.51. The maximum Gasteiger partial charge on any atom is 0.246 e. The van der Waals surface area contributed by atoms with Crippen molar-refractivity contribution in [2.75, 3.05) is 32.9 Å². The smallest absolute Gasteiger partial charge is 0.246 e. The molecule has 1 aliphatic heterocycles. The Morgan fingerprint density at radius 3 is 2.80 bits per heavy atom. The van der Waals surface area contributed by atoms with Crippen LogP contribution in [0.25, 0.3) is 21.8 Å². The number of nitrogens with two attached hydrogens (primary N) is 1. The number of halogens is 1. The highest BCUT2D eigenvalue weighted by atomic mass is 35.5. The molecule has 1 saturated heterocycles. The molecule has 0 saturated carbocycles. The van der Waals surface area contributed by atoms with Crippen molar-refractivity contribution < 1.29 is 9.59 Å². The average molecular weight is 492 g/mol. The number of likely N-dealkylation sites (N-methyl/N-ethyl adjacent to an activating group) is 1. The summed E-state index contributed by atoms with van der Waals surface area (Å²) in [5.74, 6) is 0.197. The molecule has 0 bridgehead atoms. The topological polar surface area (TPSA) is 111 Å². The van der Waals surface area contributed by atoms with Crippen LogP contribution in [-0.4, -0.2) is 74.7 Å². The lowest BCUT2D eigenvalue weighted by Crippen LogP contribution is -2.60. The number of carbonyl (C=O) groups is 2. The Balaban J connectivity index is 1.38. The number of anilines is 1. The second-order valence-electron chi connectivity index (χ2n) is 9.08. The molecule has 4 aromatic rings. The van der Waals surface area contributed by atoms with Crippen molar-refractivity contribution in [2.24, 2.45) is 0 Å². The van der Waals surface area contributed by atoms with Gasteiger partial charge in [0.1, 0.15) is 18.2 Å². The van der Waals surface area contributed by atoms with Crippen molar-refractivity contribution in [3.8, 4) is 0 Å². The molecule has 5 rings (SSSR count). The van der Waals surface area contributed by atoms with Crippen LogP contribution in [0.1, 0.15) is 11.3 Å². The zero-order valence-corrected chi connectivity index (χ0v) is 20.3. The van der Waals surface area contributed by atoms with Gasteiger partial charge in [-0.05, 0) is 42.0 Å². The third-order valence-corrected chi connectivity index (χ3v) is 6.56. The quantitative estimate of drug-likeness (QED) is 0.444. The molecule has 180 valence electrons. The summed E-state index contributed by atoms with van der Waals surface area (Å²) in [5, 5.41) is 2.44. The zero-order chi connectivity index (χ0) is 24.7. The minimum Gasteiger partial charge on any atom is -0.383 e. The lowest BCUT2D eigenvalue weighted by Gasteiger charge is -2.41. The first-order valence-electron chi connectivity index (χ1n) is 11.3. The number of amides is 2. The van der Waals surface area contributed by atoms with Gasteiger partial charge in [-0.1, -0.05) is 17.7 Å². The number of aromatic nitrogens is 3. The zero-order valence-electron chi connectivity index (χ0n) is 19.5. The molecule has 1 unspecified atom stereocenters. The summed E-state index contributed by atoms with van der Waals surface area (Å²) in [7, 11) is 3.42. The van der Waals surface area contributed by atoms with Crippen LogP contribution in [0.2, 0.25) is 5.02 Å². The predicted molar refractivity (Wildman–Crippen MR) is 136 cm³/mol. The van der Waals surface area contributed by atoms with Gasteiger partial charge in [-0.3, -0.25) is 14.5 Å². The second kappa shape index (κ2) is 9.16. The van der Waals surface area contributed by atoms with E-state index < -0.39 is 6.04 Å². The van der Waals surface area contributed by atoms with Gasteiger partial charge in [-0.15, -0.1) is 0 Å². The van der Waals surface area contributed by atoms with Gasteiger partial charge in [0, 0.05) is 60.7 Å². The molecular formula is C25H26ClN7O2. The van der Waals surface area contributed by atoms with E-state index in [4.69, 9.17) is 17.3 Å². The van der Waals surface area contributed by atoms with Crippen LogP contribution in [0.3, 0.4) is 0 Å². The molecule has 3 N–H and O–H groups in total. The first-order chi connectivity index (χ1) is 16.8. The Morgan fingerprint density at radius 1 is 1.17 bits per heavy atom. The number of benzene rings is 2. The SMILES string of the molecule is CN(C)C(=O)C1CN(Cc2cc3cc(Cl)ccc3[nH]2)CC(=O)N1Cc1ccc2c(N)ncnc2c1. The Hall–Kier alpha value is -3.69. The number of carbonyl (C=O) groups excluding carboxylic acids is 2. The molecular weight excluding hydrogens is 466 g/mol. The Labute approximate surface area is 207 Å². The van der Waals surface area contributed by atoms with E-state index in [1.54, 1.807) is 19.0 Å². The fourth-order valence-electron chi connectivity index (χ4n) is 4.60. The van der Waals surface area contributed by atoms with Gasteiger partial charge in [-0.25, -0.2) is 9.97 Å². The largest absolute Gasteiger partial charge is 0.383 e. The molecule has 2 amide bonds. The van der Waals surface area contributed by atoms with Crippen molar-refractivity contribution in [1.29, 1.82) is 0 Å². The molecule has 0 spiro atoms. The van der Waals surface area contributed by atoms with Gasteiger partial charge in [0.25, 0.3) is 0 Å². The van der Waals surface area contributed by atoms with E-state index in [2.05, 4.69) is 15.0 Å². The van der Waals surface area contributed by atoms with Crippen LogP contribution in [0.4, 0.5) is 5.82 Å². The molecule has 1 fully saturated rings. The maximum absolute atomic E-state index is 13.3. The summed E-state index contributed by atoms with van der Waals surface area (Å²) in [6.45, 7) is 1.48. The van der Waals surface area contributed by atoms with E-state index in [1.165, 1.54) is 11.2 Å². The number of hydrogen-bond acceptors (Lipinski definition) is 6. The summed E-state index contributed by atoms with van der Waals surface area (Å²) >= 11 is 6.12. The van der Waals surface area contributed by atoms with Crippen molar-refractivity contribution in [3.63, 3.8) is 0 Å². The van der Waals surface area contributed by atoms with Crippen molar-refractivity contribution in [3.05, 3.63) is 65.1 Å². The lowest BCUT2D eigenvalue weighted by atomic mass is 10.1. The maximum atomic E-state index is 13.3. The van der Waals surface area contributed by atoms with Crippen LogP contribution >= 0.6 is 11.6 Å². The van der Waals surface area contributed by atoms with Crippen LogP contribution in [0.5, 0.6) is 0 Å². The van der Waals surface area contributed by atoms with Crippen LogP contribution in [0, 0.1) is 0 Å². The molecule has 10 heteroatoms. The Kier molecular flexibility index (Phi) is 6.04. The standard InChI is InChI=1S/C25H26ClN7O2/c1-31(2)25(35)22-12-32(11-18-9-16-8-17(26)4-6-20(16)30-18)13-23(34)33(22)10-15-3-5-19-21(7-15)28-14-29-24(19)27/h3-9,14,22,30H,10-13H2,1-2H3,(H2,27,28,29). The van der Waals surface area contributed by atoms with Crippen LogP contribution < -0.4 is 5.73 Å². The number of nitrogens with zero attached hydrogens (tertiary/aromatic N) is 5. The molecule has 0 aliphatic carbocycles. The van der Waals surface area contributed by atoms with Crippen molar-refractivity contribution in [2.45, 2.75) is 19.1 Å². The van der Waals surface area contributed by atoms with Crippen LogP contribution in [0.15, 0.2) is 48.8 Å². The fraction of sp³-hybridized carbons (Fsp3) is 0.280. The van der Waals surface area contributed by atoms with E-state index in [1.807, 2.05) is 47.4 Å². The van der Waals surface area contributed by atoms with E-state index in [-0.39, 0.29) is 18.4 Å². The van der Waals surface area contributed by atoms with Gasteiger partial charge in [0.05, 0.1) is 12.1 Å². The summed E-state index contributed by atoms with van der Waals surface area (Å²) in [4.78, 5) is 43.3. The number of hydrogen-bond donors (Lipinski definition) is 2. The van der Waals surface area contributed by atoms with E-state index in [0.29, 0.717) is 36.0 Å². The molecule has 0 radical (unpaired) electrons. The average Bonchev–Trinajstić information content (AvgIpc) is 3.21. The van der Waals surface area contributed by atoms with Gasteiger partial charge in [0.2, 0.25) is 11.8 Å². The first-order valence-corrected chi connectivity index (χ1v) is 11.7. The van der Waals surface area contributed by atoms with Crippen molar-refractivity contribution in [1.82, 2.24) is 29.7 Å². The first kappa shape index (κ1) is 23.1. The number of nitrogen functional groups attached to an aromatic ring is 1. The molecule has 2 aromatic carbocycles. The number of H-pyrrole nitrogens is 1. The van der Waals surface area contributed by atoms with Gasteiger partial charge in [-0.2, -0.15) is 0 Å². The third-order valence-electron chi connectivity index (χ3n) is 6.33. The van der Waals surface area contributed by atoms with Crippen molar-refractivity contribution >= 4 is 51.0 Å². The van der Waals surface area contributed by atoms with E-state index in [9.17, 15) is 9.59 Å². The van der Waals surface area contributed by atoms with Crippen LogP contribution in [-0.2, 0) is 22.7 Å². The molecule has 3 heterocycles. The molecule has 35 heavy (non-hydrogen) atoms. The lowest BCUT2D eigenvalue weighted by molar-refractivity contribution is -0.151. The summed E-state index contributed by atoms with van der Waals surface area (Å²) in [6.07, 6.45) is 1.42. The highest BCUT2D eigenvalue weighted by Crippen LogP contribution is 2.24. The van der Waals surface area contributed by atoms with Gasteiger partial charge < -0.3 is 20.5 Å². The predicted octanol–water partition coefficient (Wildman–Crippen LogP) is 2.65. The highest BCUT2D eigenvalue weighted by molar-refractivity contribution is 6.31. The summed E-state index contributed by atoms with van der Waals surface area (Å²) in [6, 6.07) is 12.7.